The van der Waals surface area contributed by atoms with Crippen LogP contribution in [0.3, 0.4) is 0 Å². The molecule has 0 aromatic carbocycles. The van der Waals surface area contributed by atoms with Gasteiger partial charge in [0.1, 0.15) is 0 Å². The van der Waals surface area contributed by atoms with Crippen LogP contribution < -0.4 is 0 Å². The topological polar surface area (TPSA) is 29.5 Å². The van der Waals surface area contributed by atoms with Crippen molar-refractivity contribution < 1.29 is 17.9 Å². The van der Waals surface area contributed by atoms with E-state index in [1.54, 1.807) is 0 Å². The van der Waals surface area contributed by atoms with Crippen molar-refractivity contribution in [3.63, 3.8) is 0 Å². The second-order valence-electron chi connectivity index (χ2n) is 0.413. The van der Waals surface area contributed by atoms with E-state index in [1.165, 1.54) is 0 Å². The van der Waals surface area contributed by atoms with E-state index >= 15 is 0 Å². The zero-order valence-corrected chi connectivity index (χ0v) is 3.53. The van der Waals surface area contributed by atoms with Gasteiger partial charge in [0.05, 0.1) is 0 Å². The van der Waals surface area contributed by atoms with Gasteiger partial charge in [-0.25, -0.2) is 0 Å². The summed E-state index contributed by atoms with van der Waals surface area (Å²) in [6.07, 6.45) is 0. The van der Waals surface area contributed by atoms with Gasteiger partial charge in [-0.2, -0.15) is 8.39 Å². The minimum Gasteiger partial charge on any atom is -0.429 e. The number of hydrogen-bond acceptors (Lipinski definition) is 2. The molecule has 0 spiro atoms. The predicted octanol–water partition coefficient (Wildman–Crippen LogP) is 0.695. The Hall–Kier alpha value is 0.275. The Morgan fingerprint density at radius 3 is 2.17 bits per heavy atom. The van der Waals surface area contributed by atoms with Crippen LogP contribution in [-0.2, 0) is 4.44 Å². The van der Waals surface area contributed by atoms with Crippen LogP contribution in [0.15, 0.2) is 0 Å². The van der Waals surface area contributed by atoms with Crippen molar-refractivity contribution in [2.45, 2.75) is 0 Å². The highest BCUT2D eigenvalue weighted by Crippen LogP contribution is 2.38. The molecule has 0 heterocycles. The summed E-state index contributed by atoms with van der Waals surface area (Å²) < 4.78 is 24.6. The fraction of sp³-hybridized carbons (Fsp3) is 0. The first-order valence-corrected chi connectivity index (χ1v) is 2.06. The smallest absolute Gasteiger partial charge is 0.429 e. The molecule has 0 aliphatic carbocycles. The maximum atomic E-state index is 10.7. The van der Waals surface area contributed by atoms with Gasteiger partial charge in [-0.15, -0.1) is 0 Å². The van der Waals surface area contributed by atoms with Gasteiger partial charge in [0.2, 0.25) is 0 Å². The highest BCUT2D eigenvalue weighted by atomic mass is 31.2. The summed E-state index contributed by atoms with van der Waals surface area (Å²) in [7, 11) is -3.43. The molecule has 0 aliphatic heterocycles. The molecule has 2 nitrogen and oxygen atoms in total. The Kier molecular flexibility index (Phi) is 3.62. The molecule has 0 saturated heterocycles. The third-order valence-corrected chi connectivity index (χ3v) is 0.380. The van der Waals surface area contributed by atoms with Gasteiger partial charge in [-0.1, -0.05) is 0 Å². The lowest BCUT2D eigenvalue weighted by Gasteiger charge is -1.86. The maximum absolute atomic E-state index is 10.7. The largest absolute Gasteiger partial charge is 0.492 e. The molecular weight excluding hydrogens is 112 g/mol. The summed E-state index contributed by atoms with van der Waals surface area (Å²) in [4.78, 5) is 0. The Bertz CT molecular complexity index is 32.7. The fourth-order valence-corrected chi connectivity index (χ4v) is 0.107. The first kappa shape index (κ1) is 6.27. The van der Waals surface area contributed by atoms with E-state index in [1.807, 2.05) is 0 Å². The number of halogens is 2. The first-order valence-electron chi connectivity index (χ1n) is 1.01. The van der Waals surface area contributed by atoms with Crippen molar-refractivity contribution in [1.29, 1.82) is 0 Å². The summed E-state index contributed by atoms with van der Waals surface area (Å²) in [6.45, 7) is 0. The quantitative estimate of drug-likeness (QED) is 0.421. The molecule has 0 amide bonds. The summed E-state index contributed by atoms with van der Waals surface area (Å²) >= 11 is 0. The van der Waals surface area contributed by atoms with Crippen molar-refractivity contribution in [2.24, 2.45) is 0 Å². The van der Waals surface area contributed by atoms with Crippen molar-refractivity contribution in [3.05, 3.63) is 0 Å². The van der Waals surface area contributed by atoms with Crippen molar-refractivity contribution in [2.75, 3.05) is 0 Å². The summed E-state index contributed by atoms with van der Waals surface area (Å²) in [6, 6.07) is 0. The van der Waals surface area contributed by atoms with Crippen molar-refractivity contribution in [3.8, 4) is 0 Å². The molecule has 0 aromatic heterocycles. The molecular formula is HBF2O2P. The third-order valence-electron chi connectivity index (χ3n) is 0.127. The minimum atomic E-state index is -3.41. The van der Waals surface area contributed by atoms with Crippen LogP contribution in [0.2, 0.25) is 0 Å². The molecule has 35 valence electrons. The van der Waals surface area contributed by atoms with E-state index in [4.69, 9.17) is 5.02 Å². The van der Waals surface area contributed by atoms with Gasteiger partial charge in [0.25, 0.3) is 0 Å². The SMILES string of the molecule is O[B]OP(F)F. The zero-order chi connectivity index (χ0) is 4.99. The molecule has 1 radical (unpaired) electrons. The summed E-state index contributed by atoms with van der Waals surface area (Å²) in [5, 5.41) is 7.43. The molecule has 0 rings (SSSR count). The van der Waals surface area contributed by atoms with E-state index < -0.39 is 8.77 Å². The molecule has 0 aromatic rings. The zero-order valence-electron chi connectivity index (χ0n) is 2.64. The Labute approximate surface area is 35.5 Å². The normalized spacial score (nSPS) is 9.33. The number of rotatable bonds is 2. The summed E-state index contributed by atoms with van der Waals surface area (Å²) in [5.41, 5.74) is 0. The molecule has 0 unspecified atom stereocenters. The van der Waals surface area contributed by atoms with Gasteiger partial charge in [0.15, 0.2) is 0 Å². The van der Waals surface area contributed by atoms with E-state index in [0.29, 0.717) is 0 Å². The van der Waals surface area contributed by atoms with E-state index in [2.05, 4.69) is 4.44 Å². The average molecular weight is 113 g/mol. The van der Waals surface area contributed by atoms with E-state index in [0.717, 1.165) is 0 Å². The lowest BCUT2D eigenvalue weighted by atomic mass is 10.5. The fourth-order valence-electron chi connectivity index (χ4n) is 0.0356. The summed E-state index contributed by atoms with van der Waals surface area (Å²) in [5.74, 6) is 0. The van der Waals surface area contributed by atoms with Gasteiger partial charge in [0, 0.05) is 0 Å². The predicted molar refractivity (Wildman–Crippen MR) is 18.2 cm³/mol. The molecule has 0 saturated carbocycles. The van der Waals surface area contributed by atoms with Crippen LogP contribution in [0.25, 0.3) is 0 Å². The second-order valence-corrected chi connectivity index (χ2v) is 1.03. The Balaban J connectivity index is 2.63. The Morgan fingerprint density at radius 1 is 1.67 bits per heavy atom. The Morgan fingerprint density at radius 2 is 2.17 bits per heavy atom. The monoisotopic (exact) mass is 113 g/mol. The van der Waals surface area contributed by atoms with Gasteiger partial charge in [-0.3, -0.25) is 0 Å². The molecule has 0 fully saturated rings. The molecule has 0 bridgehead atoms. The van der Waals surface area contributed by atoms with Gasteiger partial charge >= 0.3 is 16.5 Å². The molecule has 0 aliphatic rings. The average Bonchev–Trinajstić information content (AvgIpc) is 1.35. The lowest BCUT2D eigenvalue weighted by molar-refractivity contribution is 0.437. The first-order chi connectivity index (χ1) is 2.77. The van der Waals surface area contributed by atoms with E-state index in [9.17, 15) is 8.39 Å². The minimum absolute atomic E-state index is 0.0221. The van der Waals surface area contributed by atoms with Crippen LogP contribution in [0.1, 0.15) is 0 Å². The van der Waals surface area contributed by atoms with Crippen LogP contribution in [-0.4, -0.2) is 12.7 Å². The third kappa shape index (κ3) is 4.27. The van der Waals surface area contributed by atoms with Gasteiger partial charge in [-0.05, 0) is 0 Å². The van der Waals surface area contributed by atoms with Gasteiger partial charge < -0.3 is 9.47 Å². The molecule has 1 N–H and O–H groups in total. The highest BCUT2D eigenvalue weighted by molar-refractivity contribution is 7.41. The van der Waals surface area contributed by atoms with E-state index in [-0.39, 0.29) is 7.69 Å². The van der Waals surface area contributed by atoms with Crippen molar-refractivity contribution >= 4 is 16.5 Å². The van der Waals surface area contributed by atoms with Crippen molar-refractivity contribution in [1.82, 2.24) is 0 Å². The lowest BCUT2D eigenvalue weighted by Crippen LogP contribution is -1.84. The highest BCUT2D eigenvalue weighted by Gasteiger charge is 2.01. The standard InChI is InChI=1S/BF2HO2P/c2-6(3)5-1-4/h4H. The van der Waals surface area contributed by atoms with Crippen LogP contribution in [0.5, 0.6) is 0 Å². The van der Waals surface area contributed by atoms with Crippen LogP contribution >= 0.6 is 8.77 Å². The van der Waals surface area contributed by atoms with Crippen LogP contribution in [0, 0.1) is 0 Å². The molecule has 6 heavy (non-hydrogen) atoms. The maximum Gasteiger partial charge on any atom is 0.492 e. The molecule has 0 atom stereocenters. The second kappa shape index (κ2) is 3.46. The van der Waals surface area contributed by atoms with Crippen LogP contribution in [0.4, 0.5) is 8.39 Å². The molecule has 6 heteroatoms. The number of hydrogen-bond donors (Lipinski definition) is 1.